The van der Waals surface area contributed by atoms with Crippen LogP contribution in [0.15, 0.2) is 72.8 Å². The zero-order chi connectivity index (χ0) is 25.9. The molecule has 2 heteroatoms. The molecular formula is C36H38N2. The van der Waals surface area contributed by atoms with E-state index in [2.05, 4.69) is 86.6 Å². The summed E-state index contributed by atoms with van der Waals surface area (Å²) in [5.41, 5.74) is 7.22. The molecule has 0 bridgehead atoms. The number of aryl methyl sites for hydroxylation is 2. The molecule has 0 saturated carbocycles. The van der Waals surface area contributed by atoms with Crippen molar-refractivity contribution in [1.82, 2.24) is 9.97 Å². The molecule has 2 aromatic heterocycles. The van der Waals surface area contributed by atoms with Crippen molar-refractivity contribution in [3.63, 3.8) is 0 Å². The van der Waals surface area contributed by atoms with E-state index in [-0.39, 0.29) is 0 Å². The van der Waals surface area contributed by atoms with Gasteiger partial charge in [-0.25, -0.2) is 9.97 Å². The Labute approximate surface area is 226 Å². The maximum absolute atomic E-state index is 5.25. The van der Waals surface area contributed by atoms with Crippen molar-refractivity contribution < 1.29 is 0 Å². The van der Waals surface area contributed by atoms with Gasteiger partial charge in [0, 0.05) is 21.5 Å². The van der Waals surface area contributed by atoms with Gasteiger partial charge in [-0.2, -0.15) is 0 Å². The largest absolute Gasteiger partial charge is 0.248 e. The van der Waals surface area contributed by atoms with Gasteiger partial charge >= 0.3 is 0 Å². The van der Waals surface area contributed by atoms with Crippen molar-refractivity contribution in [1.29, 1.82) is 0 Å². The van der Waals surface area contributed by atoms with E-state index in [1.54, 1.807) is 0 Å². The molecule has 0 unspecified atom stereocenters. The second kappa shape index (κ2) is 11.1. The van der Waals surface area contributed by atoms with Gasteiger partial charge in [-0.15, -0.1) is 0 Å². The topological polar surface area (TPSA) is 25.8 Å². The Bertz CT molecular complexity index is 1750. The van der Waals surface area contributed by atoms with Gasteiger partial charge in [0.2, 0.25) is 0 Å². The van der Waals surface area contributed by atoms with E-state index in [1.807, 2.05) is 0 Å². The van der Waals surface area contributed by atoms with E-state index >= 15 is 0 Å². The van der Waals surface area contributed by atoms with Crippen LogP contribution in [0.4, 0.5) is 0 Å². The van der Waals surface area contributed by atoms with E-state index in [9.17, 15) is 0 Å². The monoisotopic (exact) mass is 498 g/mol. The lowest BCUT2D eigenvalue weighted by molar-refractivity contribution is 0.668. The summed E-state index contributed by atoms with van der Waals surface area (Å²) in [7, 11) is 0. The van der Waals surface area contributed by atoms with Crippen LogP contribution in [0, 0.1) is 0 Å². The summed E-state index contributed by atoms with van der Waals surface area (Å²) in [6, 6.07) is 26.8. The minimum Gasteiger partial charge on any atom is -0.248 e. The number of fused-ring (bicyclic) bond motifs is 7. The first kappa shape index (κ1) is 24.8. The van der Waals surface area contributed by atoms with Gasteiger partial charge in [0.05, 0.1) is 22.1 Å². The van der Waals surface area contributed by atoms with Crippen LogP contribution in [0.2, 0.25) is 0 Å². The molecule has 0 N–H and O–H groups in total. The minimum absolute atomic E-state index is 1.06. The average molecular weight is 499 g/mol. The number of pyridine rings is 2. The Hall–Kier alpha value is -3.52. The maximum atomic E-state index is 5.25. The zero-order valence-electron chi connectivity index (χ0n) is 22.9. The molecule has 192 valence electrons. The Morgan fingerprint density at radius 2 is 1.18 bits per heavy atom. The molecule has 0 atom stereocenters. The molecule has 2 heterocycles. The SMILES string of the molecule is CCCCCCc1cccc2nc3cc(CCCCCC)c4c5cc6ccccc6nc5ccc4c3cc12. The van der Waals surface area contributed by atoms with E-state index < -0.39 is 0 Å². The number of nitrogens with zero attached hydrogens (tertiary/aromatic N) is 2. The highest BCUT2D eigenvalue weighted by Gasteiger charge is 2.14. The molecule has 0 spiro atoms. The Balaban J connectivity index is 1.58. The third kappa shape index (κ3) is 4.73. The highest BCUT2D eigenvalue weighted by molar-refractivity contribution is 6.20. The first-order valence-corrected chi connectivity index (χ1v) is 14.7. The van der Waals surface area contributed by atoms with Crippen LogP contribution in [0.25, 0.3) is 54.4 Å². The number of benzene rings is 4. The van der Waals surface area contributed by atoms with Gasteiger partial charge in [0.15, 0.2) is 0 Å². The van der Waals surface area contributed by atoms with E-state index in [0.29, 0.717) is 0 Å². The maximum Gasteiger partial charge on any atom is 0.0718 e. The Kier molecular flexibility index (Phi) is 7.22. The summed E-state index contributed by atoms with van der Waals surface area (Å²) in [5.74, 6) is 0. The molecule has 0 radical (unpaired) electrons. The van der Waals surface area contributed by atoms with E-state index in [4.69, 9.17) is 9.97 Å². The summed E-state index contributed by atoms with van der Waals surface area (Å²) in [6.45, 7) is 4.56. The van der Waals surface area contributed by atoms with Crippen molar-refractivity contribution in [2.24, 2.45) is 0 Å². The number of para-hydroxylation sites is 1. The second-order valence-corrected chi connectivity index (χ2v) is 10.9. The van der Waals surface area contributed by atoms with Crippen LogP contribution < -0.4 is 0 Å². The van der Waals surface area contributed by atoms with E-state index in [1.165, 1.54) is 94.8 Å². The fourth-order valence-electron chi connectivity index (χ4n) is 6.15. The van der Waals surface area contributed by atoms with Crippen LogP contribution in [0.1, 0.15) is 76.3 Å². The molecule has 6 aromatic rings. The van der Waals surface area contributed by atoms with Crippen molar-refractivity contribution in [3.8, 4) is 0 Å². The quantitative estimate of drug-likeness (QED) is 0.107. The molecule has 0 saturated heterocycles. The van der Waals surface area contributed by atoms with Gasteiger partial charge in [-0.3, -0.25) is 0 Å². The summed E-state index contributed by atoms with van der Waals surface area (Å²) in [6.07, 6.45) is 12.4. The van der Waals surface area contributed by atoms with Crippen LogP contribution in [0.3, 0.4) is 0 Å². The second-order valence-electron chi connectivity index (χ2n) is 10.9. The predicted octanol–water partition coefficient (Wildman–Crippen LogP) is 10.5. The van der Waals surface area contributed by atoms with Crippen molar-refractivity contribution >= 4 is 54.4 Å². The predicted molar refractivity (Wildman–Crippen MR) is 165 cm³/mol. The first-order chi connectivity index (χ1) is 18.8. The lowest BCUT2D eigenvalue weighted by atomic mass is 9.91. The lowest BCUT2D eigenvalue weighted by Crippen LogP contribution is -1.95. The average Bonchev–Trinajstić information content (AvgIpc) is 2.95. The minimum atomic E-state index is 1.06. The Morgan fingerprint density at radius 1 is 0.474 bits per heavy atom. The molecule has 0 aliphatic heterocycles. The summed E-state index contributed by atoms with van der Waals surface area (Å²) in [4.78, 5) is 10.3. The molecular weight excluding hydrogens is 460 g/mol. The first-order valence-electron chi connectivity index (χ1n) is 14.7. The van der Waals surface area contributed by atoms with Gasteiger partial charge in [-0.05, 0) is 84.0 Å². The number of aromatic nitrogens is 2. The van der Waals surface area contributed by atoms with Gasteiger partial charge < -0.3 is 0 Å². The summed E-state index contributed by atoms with van der Waals surface area (Å²) >= 11 is 0. The number of hydrogen-bond donors (Lipinski definition) is 0. The van der Waals surface area contributed by atoms with Crippen molar-refractivity contribution in [3.05, 3.63) is 83.9 Å². The molecule has 38 heavy (non-hydrogen) atoms. The highest BCUT2D eigenvalue weighted by Crippen LogP contribution is 2.37. The fourth-order valence-corrected chi connectivity index (χ4v) is 6.15. The highest BCUT2D eigenvalue weighted by atomic mass is 14.7. The molecule has 0 aliphatic carbocycles. The molecule has 0 aliphatic rings. The van der Waals surface area contributed by atoms with Gasteiger partial charge in [0.25, 0.3) is 0 Å². The van der Waals surface area contributed by atoms with Crippen molar-refractivity contribution in [2.45, 2.75) is 78.1 Å². The molecule has 0 amide bonds. The summed E-state index contributed by atoms with van der Waals surface area (Å²) < 4.78 is 0. The number of unbranched alkanes of at least 4 members (excludes halogenated alkanes) is 6. The zero-order valence-corrected chi connectivity index (χ0v) is 22.9. The van der Waals surface area contributed by atoms with Crippen molar-refractivity contribution in [2.75, 3.05) is 0 Å². The smallest absolute Gasteiger partial charge is 0.0718 e. The number of hydrogen-bond acceptors (Lipinski definition) is 2. The number of rotatable bonds is 10. The molecule has 0 fully saturated rings. The van der Waals surface area contributed by atoms with Crippen LogP contribution in [-0.2, 0) is 12.8 Å². The van der Waals surface area contributed by atoms with Gasteiger partial charge in [0.1, 0.15) is 0 Å². The lowest BCUT2D eigenvalue weighted by Gasteiger charge is -2.15. The Morgan fingerprint density at radius 3 is 2.00 bits per heavy atom. The normalized spacial score (nSPS) is 11.9. The standard InChI is InChI=1S/C36H38N2/c1-3-5-7-9-14-25-17-13-19-33-29(25)24-30-28-20-21-34-31(22-26-15-11-12-18-32(26)37-34)36(28)27(23-35(30)38-33)16-10-8-6-4-2/h11-13,15,17-24H,3-10,14,16H2,1-2H3. The fraction of sp³-hybridized carbons (Fsp3) is 0.333. The third-order valence-corrected chi connectivity index (χ3v) is 8.20. The van der Waals surface area contributed by atoms with Crippen LogP contribution in [0.5, 0.6) is 0 Å². The summed E-state index contributed by atoms with van der Waals surface area (Å²) in [5, 5.41) is 7.72. The van der Waals surface area contributed by atoms with Gasteiger partial charge in [-0.1, -0.05) is 88.8 Å². The van der Waals surface area contributed by atoms with Crippen LogP contribution in [-0.4, -0.2) is 9.97 Å². The third-order valence-electron chi connectivity index (χ3n) is 8.20. The van der Waals surface area contributed by atoms with E-state index in [0.717, 1.165) is 34.9 Å². The molecule has 6 rings (SSSR count). The van der Waals surface area contributed by atoms with Crippen LogP contribution >= 0.6 is 0 Å². The molecule has 2 nitrogen and oxygen atoms in total. The molecule has 4 aromatic carbocycles.